The van der Waals surface area contributed by atoms with E-state index in [-0.39, 0.29) is 30.0 Å². The molecule has 1 fully saturated rings. The van der Waals surface area contributed by atoms with Crippen molar-refractivity contribution in [2.24, 2.45) is 11.7 Å². The molecule has 1 aliphatic heterocycles. The Balaban J connectivity index is 1.26. The van der Waals surface area contributed by atoms with Gasteiger partial charge in [0, 0.05) is 36.6 Å². The maximum atomic E-state index is 13.1. The summed E-state index contributed by atoms with van der Waals surface area (Å²) in [4.78, 5) is 30.3. The number of likely N-dealkylation sites (tertiary alicyclic amines) is 1. The third kappa shape index (κ3) is 6.26. The molecule has 33 heavy (non-hydrogen) atoms. The minimum Gasteiger partial charge on any atom is -0.441 e. The van der Waals surface area contributed by atoms with Crippen molar-refractivity contribution < 1.29 is 18.4 Å². The summed E-state index contributed by atoms with van der Waals surface area (Å²) in [6.45, 7) is 2.43. The number of hydrogen-bond donors (Lipinski definition) is 2. The molecule has 0 aliphatic carbocycles. The van der Waals surface area contributed by atoms with Gasteiger partial charge in [0.1, 0.15) is 5.82 Å². The highest BCUT2D eigenvalue weighted by Crippen LogP contribution is 2.22. The first-order valence-corrected chi connectivity index (χ1v) is 11.1. The summed E-state index contributed by atoms with van der Waals surface area (Å²) in [6.07, 6.45) is 3.75. The first kappa shape index (κ1) is 22.7. The van der Waals surface area contributed by atoms with Crippen LogP contribution in [0.4, 0.5) is 10.1 Å². The van der Waals surface area contributed by atoms with Crippen LogP contribution in [0.3, 0.4) is 0 Å². The number of benzene rings is 2. The zero-order chi connectivity index (χ0) is 23.2. The molecule has 0 atom stereocenters. The molecule has 0 spiro atoms. The van der Waals surface area contributed by atoms with Gasteiger partial charge < -0.3 is 15.5 Å². The van der Waals surface area contributed by atoms with Crippen LogP contribution in [-0.4, -0.2) is 34.8 Å². The molecule has 3 N–H and O–H groups in total. The Morgan fingerprint density at radius 2 is 1.91 bits per heavy atom. The number of aromatic nitrogens is 1. The molecule has 1 aromatic heterocycles. The summed E-state index contributed by atoms with van der Waals surface area (Å²) in [7, 11) is 0. The number of carbonyl (C=O) groups excluding carboxylic acids is 2. The van der Waals surface area contributed by atoms with Crippen molar-refractivity contribution in [1.82, 2.24) is 9.88 Å². The van der Waals surface area contributed by atoms with Crippen LogP contribution in [0.25, 0.3) is 11.3 Å². The number of halogens is 1. The molecule has 2 heterocycles. The van der Waals surface area contributed by atoms with E-state index in [9.17, 15) is 14.0 Å². The van der Waals surface area contributed by atoms with Crippen LogP contribution in [0.5, 0.6) is 0 Å². The van der Waals surface area contributed by atoms with Gasteiger partial charge in [0.05, 0.1) is 6.20 Å². The van der Waals surface area contributed by atoms with E-state index >= 15 is 0 Å². The highest BCUT2D eigenvalue weighted by Gasteiger charge is 2.23. The highest BCUT2D eigenvalue weighted by atomic mass is 19.1. The number of rotatable bonds is 8. The Morgan fingerprint density at radius 3 is 2.64 bits per heavy atom. The molecule has 0 bridgehead atoms. The zero-order valence-electron chi connectivity index (χ0n) is 18.3. The zero-order valence-corrected chi connectivity index (χ0v) is 18.3. The number of hydrogen-bond acceptors (Lipinski definition) is 5. The Kier molecular flexibility index (Phi) is 7.14. The van der Waals surface area contributed by atoms with Crippen molar-refractivity contribution >= 4 is 17.5 Å². The molecule has 0 saturated carbocycles. The van der Waals surface area contributed by atoms with E-state index in [1.165, 1.54) is 12.1 Å². The predicted molar refractivity (Wildman–Crippen MR) is 122 cm³/mol. The summed E-state index contributed by atoms with van der Waals surface area (Å²) in [5, 5.41) is 2.93. The van der Waals surface area contributed by atoms with Crippen molar-refractivity contribution in [1.29, 1.82) is 0 Å². The largest absolute Gasteiger partial charge is 0.441 e. The lowest BCUT2D eigenvalue weighted by Gasteiger charge is -2.30. The molecule has 172 valence electrons. The van der Waals surface area contributed by atoms with Crippen LogP contribution in [0.1, 0.15) is 30.7 Å². The van der Waals surface area contributed by atoms with E-state index in [4.69, 9.17) is 10.2 Å². The second-order valence-corrected chi connectivity index (χ2v) is 8.33. The van der Waals surface area contributed by atoms with Crippen molar-refractivity contribution in [3.8, 4) is 11.3 Å². The number of nitrogens with zero attached hydrogens (tertiary/aromatic N) is 2. The molecule has 1 saturated heterocycles. The first-order valence-electron chi connectivity index (χ1n) is 11.1. The molecule has 0 unspecified atom stereocenters. The van der Waals surface area contributed by atoms with Gasteiger partial charge in [-0.05, 0) is 67.9 Å². The molecule has 2 aromatic carbocycles. The van der Waals surface area contributed by atoms with Crippen LogP contribution in [0.2, 0.25) is 0 Å². The quantitative estimate of drug-likeness (QED) is 0.544. The van der Waals surface area contributed by atoms with Gasteiger partial charge in [-0.3, -0.25) is 14.5 Å². The number of aryl methyl sites for hydroxylation is 1. The number of piperidine rings is 1. The van der Waals surface area contributed by atoms with Gasteiger partial charge in [0.2, 0.25) is 11.8 Å². The van der Waals surface area contributed by atoms with E-state index in [1.54, 1.807) is 18.3 Å². The average molecular weight is 451 g/mol. The summed E-state index contributed by atoms with van der Waals surface area (Å²) in [5.74, 6) is 0.316. The van der Waals surface area contributed by atoms with Crippen molar-refractivity contribution in [2.45, 2.75) is 32.2 Å². The SMILES string of the molecule is NC(=O)C1CCN(Cc2cccc(NC(=O)CCc3ncc(-c4ccc(F)cc4)o3)c2)CC1. The normalized spacial score (nSPS) is 14.8. The van der Waals surface area contributed by atoms with Gasteiger partial charge >= 0.3 is 0 Å². The number of amides is 2. The van der Waals surface area contributed by atoms with Gasteiger partial charge in [-0.25, -0.2) is 9.37 Å². The van der Waals surface area contributed by atoms with Crippen LogP contribution in [-0.2, 0) is 22.6 Å². The van der Waals surface area contributed by atoms with Crippen molar-refractivity contribution in [3.05, 3.63) is 72.0 Å². The Hall–Kier alpha value is -3.52. The second-order valence-electron chi connectivity index (χ2n) is 8.33. The molecule has 8 heteroatoms. The molecule has 1 aliphatic rings. The van der Waals surface area contributed by atoms with E-state index in [0.717, 1.165) is 49.3 Å². The van der Waals surface area contributed by atoms with E-state index in [1.807, 2.05) is 24.3 Å². The average Bonchev–Trinajstić information content (AvgIpc) is 3.28. The minimum absolute atomic E-state index is 0.0257. The molecule has 4 rings (SSSR count). The van der Waals surface area contributed by atoms with Crippen LogP contribution < -0.4 is 11.1 Å². The van der Waals surface area contributed by atoms with Gasteiger partial charge in [0.25, 0.3) is 0 Å². The standard InChI is InChI=1S/C25H27FN4O3/c26-20-6-4-18(5-7-20)22-15-28-24(33-22)9-8-23(31)29-21-3-1-2-17(14-21)16-30-12-10-19(11-13-30)25(27)32/h1-7,14-15,19H,8-13,16H2,(H2,27,32)(H,29,31). The van der Waals surface area contributed by atoms with Crippen LogP contribution in [0.15, 0.2) is 59.1 Å². The number of nitrogens with two attached hydrogens (primary N) is 1. The summed E-state index contributed by atoms with van der Waals surface area (Å²) >= 11 is 0. The molecular weight excluding hydrogens is 423 g/mol. The monoisotopic (exact) mass is 450 g/mol. The molecule has 2 amide bonds. The second kappa shape index (κ2) is 10.4. The van der Waals surface area contributed by atoms with Crippen LogP contribution >= 0.6 is 0 Å². The maximum absolute atomic E-state index is 13.1. The van der Waals surface area contributed by atoms with Crippen molar-refractivity contribution in [3.63, 3.8) is 0 Å². The lowest BCUT2D eigenvalue weighted by Crippen LogP contribution is -2.38. The van der Waals surface area contributed by atoms with Gasteiger partial charge in [-0.1, -0.05) is 12.1 Å². The Morgan fingerprint density at radius 1 is 1.15 bits per heavy atom. The molecule has 0 radical (unpaired) electrons. The van der Waals surface area contributed by atoms with E-state index in [0.29, 0.717) is 18.1 Å². The predicted octanol–water partition coefficient (Wildman–Crippen LogP) is 3.75. The lowest BCUT2D eigenvalue weighted by molar-refractivity contribution is -0.123. The summed E-state index contributed by atoms with van der Waals surface area (Å²) in [6, 6.07) is 13.8. The van der Waals surface area contributed by atoms with Crippen molar-refractivity contribution in [2.75, 3.05) is 18.4 Å². The van der Waals surface area contributed by atoms with Gasteiger partial charge in [-0.15, -0.1) is 0 Å². The Bertz CT molecular complexity index is 1100. The lowest BCUT2D eigenvalue weighted by atomic mass is 9.96. The van der Waals surface area contributed by atoms with Gasteiger partial charge in [-0.2, -0.15) is 0 Å². The molecule has 7 nitrogen and oxygen atoms in total. The molecular formula is C25H27FN4O3. The summed E-state index contributed by atoms with van der Waals surface area (Å²) < 4.78 is 18.8. The van der Waals surface area contributed by atoms with E-state index < -0.39 is 0 Å². The third-order valence-electron chi connectivity index (χ3n) is 5.86. The number of anilines is 1. The number of nitrogens with one attached hydrogen (secondary N) is 1. The highest BCUT2D eigenvalue weighted by molar-refractivity contribution is 5.90. The maximum Gasteiger partial charge on any atom is 0.224 e. The number of carbonyl (C=O) groups is 2. The van der Waals surface area contributed by atoms with E-state index in [2.05, 4.69) is 15.2 Å². The summed E-state index contributed by atoms with van der Waals surface area (Å²) in [5.41, 5.74) is 7.98. The fourth-order valence-electron chi connectivity index (χ4n) is 4.00. The van der Waals surface area contributed by atoms with Crippen LogP contribution in [0, 0.1) is 11.7 Å². The third-order valence-corrected chi connectivity index (χ3v) is 5.86. The fraction of sp³-hybridized carbons (Fsp3) is 0.320. The number of oxazole rings is 1. The fourth-order valence-corrected chi connectivity index (χ4v) is 4.00. The first-order chi connectivity index (χ1) is 16.0. The topological polar surface area (TPSA) is 101 Å². The molecule has 3 aromatic rings. The van der Waals surface area contributed by atoms with Gasteiger partial charge in [0.15, 0.2) is 11.7 Å². The smallest absolute Gasteiger partial charge is 0.224 e. The number of primary amides is 1. The minimum atomic E-state index is -0.313. The Labute approximate surface area is 191 Å².